The van der Waals surface area contributed by atoms with Gasteiger partial charge >= 0.3 is 0 Å². The number of H-pyrrole nitrogens is 1. The van der Waals surface area contributed by atoms with Crippen molar-refractivity contribution in [1.29, 1.82) is 0 Å². The number of hydrogen-bond donors (Lipinski definition) is 1. The Morgan fingerprint density at radius 1 is 1.17 bits per heavy atom. The molecule has 0 unspecified atom stereocenters. The number of rotatable bonds is 4. The Labute approximate surface area is 137 Å². The molecular formula is C15H16FN7O. The van der Waals surface area contributed by atoms with Gasteiger partial charge in [0.25, 0.3) is 0 Å². The van der Waals surface area contributed by atoms with Crippen molar-refractivity contribution in [3.63, 3.8) is 0 Å². The first kappa shape index (κ1) is 14.8. The molecule has 0 radical (unpaired) electrons. The minimum atomic E-state index is -0.323. The third kappa shape index (κ3) is 3.11. The Morgan fingerprint density at radius 3 is 2.79 bits per heavy atom. The first-order chi connectivity index (χ1) is 11.8. The zero-order valence-corrected chi connectivity index (χ0v) is 12.9. The van der Waals surface area contributed by atoms with Gasteiger partial charge < -0.3 is 9.32 Å². The molecule has 124 valence electrons. The SMILES string of the molecule is Fc1cccc(-c2nnc(CN3CCN(c4ncn[nH]4)CC3)o2)c1. The number of benzene rings is 1. The predicted molar refractivity (Wildman–Crippen MR) is 83.6 cm³/mol. The predicted octanol–water partition coefficient (Wildman–Crippen LogP) is 1.32. The molecule has 0 atom stereocenters. The molecule has 1 aromatic carbocycles. The average Bonchev–Trinajstić information content (AvgIpc) is 3.27. The molecule has 1 N–H and O–H groups in total. The van der Waals surface area contributed by atoms with E-state index in [1.165, 1.54) is 18.5 Å². The van der Waals surface area contributed by atoms with Crippen molar-refractivity contribution in [2.75, 3.05) is 31.1 Å². The van der Waals surface area contributed by atoms with Gasteiger partial charge in [-0.25, -0.2) is 9.49 Å². The molecule has 3 aromatic rings. The highest BCUT2D eigenvalue weighted by molar-refractivity contribution is 5.52. The average molecular weight is 329 g/mol. The molecule has 3 heterocycles. The second kappa shape index (κ2) is 6.36. The highest BCUT2D eigenvalue weighted by Crippen LogP contribution is 2.19. The van der Waals surface area contributed by atoms with Crippen LogP contribution in [0.25, 0.3) is 11.5 Å². The van der Waals surface area contributed by atoms with Crippen molar-refractivity contribution in [3.8, 4) is 11.5 Å². The van der Waals surface area contributed by atoms with Crippen molar-refractivity contribution < 1.29 is 8.81 Å². The van der Waals surface area contributed by atoms with Crippen LogP contribution in [-0.2, 0) is 6.54 Å². The molecule has 2 aromatic heterocycles. The molecule has 1 fully saturated rings. The van der Waals surface area contributed by atoms with E-state index in [-0.39, 0.29) is 5.82 Å². The molecule has 1 aliphatic rings. The largest absolute Gasteiger partial charge is 0.419 e. The quantitative estimate of drug-likeness (QED) is 0.772. The van der Waals surface area contributed by atoms with Gasteiger partial charge in [0.1, 0.15) is 12.1 Å². The van der Waals surface area contributed by atoms with Crippen molar-refractivity contribution in [1.82, 2.24) is 30.3 Å². The van der Waals surface area contributed by atoms with Gasteiger partial charge in [-0.1, -0.05) is 6.07 Å². The van der Waals surface area contributed by atoms with Gasteiger partial charge in [0.05, 0.1) is 6.54 Å². The summed E-state index contributed by atoms with van der Waals surface area (Å²) in [6.45, 7) is 3.99. The first-order valence-corrected chi connectivity index (χ1v) is 7.69. The van der Waals surface area contributed by atoms with Gasteiger partial charge in [0.15, 0.2) is 0 Å². The van der Waals surface area contributed by atoms with E-state index in [0.29, 0.717) is 23.9 Å². The lowest BCUT2D eigenvalue weighted by molar-refractivity contribution is 0.226. The van der Waals surface area contributed by atoms with Crippen LogP contribution in [0.2, 0.25) is 0 Å². The molecule has 0 bridgehead atoms. The van der Waals surface area contributed by atoms with E-state index < -0.39 is 0 Å². The first-order valence-electron chi connectivity index (χ1n) is 7.69. The molecule has 4 rings (SSSR count). The molecule has 0 spiro atoms. The number of hydrogen-bond acceptors (Lipinski definition) is 7. The van der Waals surface area contributed by atoms with Crippen LogP contribution >= 0.6 is 0 Å². The van der Waals surface area contributed by atoms with Crippen LogP contribution in [0.5, 0.6) is 0 Å². The van der Waals surface area contributed by atoms with Crippen LogP contribution in [0, 0.1) is 5.82 Å². The molecule has 0 saturated carbocycles. The highest BCUT2D eigenvalue weighted by Gasteiger charge is 2.20. The smallest absolute Gasteiger partial charge is 0.247 e. The van der Waals surface area contributed by atoms with Gasteiger partial charge in [-0.3, -0.25) is 4.90 Å². The Balaban J connectivity index is 1.37. The van der Waals surface area contributed by atoms with Crippen molar-refractivity contribution in [2.24, 2.45) is 0 Å². The van der Waals surface area contributed by atoms with Crippen molar-refractivity contribution >= 4 is 5.95 Å². The molecule has 24 heavy (non-hydrogen) atoms. The normalized spacial score (nSPS) is 15.8. The molecule has 8 nitrogen and oxygen atoms in total. The minimum absolute atomic E-state index is 0.323. The Morgan fingerprint density at radius 2 is 2.04 bits per heavy atom. The molecule has 0 aliphatic carbocycles. The number of anilines is 1. The van der Waals surface area contributed by atoms with E-state index in [1.807, 2.05) is 0 Å². The maximum atomic E-state index is 13.3. The van der Waals surface area contributed by atoms with Crippen LogP contribution in [0.1, 0.15) is 5.89 Å². The Kier molecular flexibility index (Phi) is 3.91. The summed E-state index contributed by atoms with van der Waals surface area (Å²) in [5.41, 5.74) is 0.587. The highest BCUT2D eigenvalue weighted by atomic mass is 19.1. The Bertz CT molecular complexity index is 796. The number of nitrogens with one attached hydrogen (secondary N) is 1. The minimum Gasteiger partial charge on any atom is -0.419 e. The number of piperazine rings is 1. The lowest BCUT2D eigenvalue weighted by Gasteiger charge is -2.33. The topological polar surface area (TPSA) is 87.0 Å². The van der Waals surface area contributed by atoms with E-state index in [1.54, 1.807) is 12.1 Å². The van der Waals surface area contributed by atoms with E-state index in [4.69, 9.17) is 4.42 Å². The van der Waals surface area contributed by atoms with Gasteiger partial charge in [-0.15, -0.1) is 10.2 Å². The van der Waals surface area contributed by atoms with Crippen LogP contribution in [0.3, 0.4) is 0 Å². The van der Waals surface area contributed by atoms with E-state index in [2.05, 4.69) is 35.2 Å². The maximum absolute atomic E-state index is 13.3. The van der Waals surface area contributed by atoms with E-state index in [0.717, 1.165) is 32.1 Å². The van der Waals surface area contributed by atoms with Crippen LogP contribution < -0.4 is 4.90 Å². The molecule has 0 amide bonds. The molecule has 1 saturated heterocycles. The van der Waals surface area contributed by atoms with Crippen LogP contribution in [-0.4, -0.2) is 56.5 Å². The maximum Gasteiger partial charge on any atom is 0.247 e. The lowest BCUT2D eigenvalue weighted by atomic mass is 10.2. The summed E-state index contributed by atoms with van der Waals surface area (Å²) in [6, 6.07) is 6.13. The second-order valence-electron chi connectivity index (χ2n) is 5.58. The third-order valence-electron chi connectivity index (χ3n) is 3.97. The summed E-state index contributed by atoms with van der Waals surface area (Å²) in [4.78, 5) is 8.54. The monoisotopic (exact) mass is 329 g/mol. The van der Waals surface area contributed by atoms with Gasteiger partial charge in [-0.05, 0) is 18.2 Å². The third-order valence-corrected chi connectivity index (χ3v) is 3.97. The number of aromatic nitrogens is 5. The van der Waals surface area contributed by atoms with Crippen molar-refractivity contribution in [3.05, 3.63) is 42.3 Å². The van der Waals surface area contributed by atoms with E-state index >= 15 is 0 Å². The second-order valence-corrected chi connectivity index (χ2v) is 5.58. The lowest BCUT2D eigenvalue weighted by Crippen LogP contribution is -2.46. The summed E-state index contributed by atoms with van der Waals surface area (Å²) in [5.74, 6) is 1.34. The summed E-state index contributed by atoms with van der Waals surface area (Å²) >= 11 is 0. The zero-order chi connectivity index (χ0) is 16.4. The van der Waals surface area contributed by atoms with Gasteiger partial charge in [0.2, 0.25) is 17.7 Å². The molecule has 1 aliphatic heterocycles. The molecule has 9 heteroatoms. The van der Waals surface area contributed by atoms with E-state index in [9.17, 15) is 4.39 Å². The van der Waals surface area contributed by atoms with Gasteiger partial charge in [0, 0.05) is 31.7 Å². The molecular weight excluding hydrogens is 313 g/mol. The number of halogens is 1. The summed E-state index contributed by atoms with van der Waals surface area (Å²) < 4.78 is 18.9. The fourth-order valence-electron chi connectivity index (χ4n) is 2.72. The van der Waals surface area contributed by atoms with Crippen LogP contribution in [0.15, 0.2) is 35.0 Å². The fraction of sp³-hybridized carbons (Fsp3) is 0.333. The summed E-state index contributed by atoms with van der Waals surface area (Å²) in [5, 5.41) is 14.8. The Hall–Kier alpha value is -2.81. The fourth-order valence-corrected chi connectivity index (χ4v) is 2.72. The van der Waals surface area contributed by atoms with Crippen molar-refractivity contribution in [2.45, 2.75) is 6.54 Å². The van der Waals surface area contributed by atoms with Crippen LogP contribution in [0.4, 0.5) is 10.3 Å². The standard InChI is InChI=1S/C15H16FN7O/c16-12-3-1-2-11(8-12)14-20-19-13(24-14)9-22-4-6-23(7-5-22)15-17-10-18-21-15/h1-3,8,10H,4-7,9H2,(H,17,18,21). The zero-order valence-electron chi connectivity index (χ0n) is 12.9. The summed E-state index contributed by atoms with van der Waals surface area (Å²) in [7, 11) is 0. The number of nitrogens with zero attached hydrogens (tertiary/aromatic N) is 6. The number of aromatic amines is 1. The summed E-state index contributed by atoms with van der Waals surface area (Å²) in [6.07, 6.45) is 1.51. The van der Waals surface area contributed by atoms with Gasteiger partial charge in [-0.2, -0.15) is 10.1 Å².